The van der Waals surface area contributed by atoms with Crippen LogP contribution in [0.5, 0.6) is 5.75 Å². The summed E-state index contributed by atoms with van der Waals surface area (Å²) in [7, 11) is -1.93. The summed E-state index contributed by atoms with van der Waals surface area (Å²) in [6.07, 6.45) is 0. The number of rotatable bonds is 6. The Morgan fingerprint density at radius 1 is 1.13 bits per heavy atom. The fourth-order valence-electron chi connectivity index (χ4n) is 2.16. The molecule has 0 aliphatic rings. The maximum atomic E-state index is 12.7. The van der Waals surface area contributed by atoms with E-state index >= 15 is 0 Å². The van der Waals surface area contributed by atoms with Crippen molar-refractivity contribution in [2.45, 2.75) is 25.3 Å². The van der Waals surface area contributed by atoms with Crippen molar-refractivity contribution >= 4 is 26.0 Å². The molecule has 0 spiro atoms. The predicted octanol–water partition coefficient (Wildman–Crippen LogP) is 3.98. The van der Waals surface area contributed by atoms with E-state index in [4.69, 9.17) is 4.74 Å². The van der Waals surface area contributed by atoms with Crippen molar-refractivity contribution in [1.29, 1.82) is 0 Å². The van der Waals surface area contributed by atoms with Crippen LogP contribution in [0, 0.1) is 6.92 Å². The molecule has 0 aliphatic carbocycles. The van der Waals surface area contributed by atoms with E-state index in [1.54, 1.807) is 25.2 Å². The Morgan fingerprint density at radius 3 is 2.35 bits per heavy atom. The summed E-state index contributed by atoms with van der Waals surface area (Å²) >= 11 is 3.39. The minimum Gasteiger partial charge on any atom is -0.494 e. The van der Waals surface area contributed by atoms with Gasteiger partial charge in [-0.3, -0.25) is 0 Å². The topological polar surface area (TPSA) is 46.6 Å². The van der Waals surface area contributed by atoms with Crippen LogP contribution in [0.15, 0.2) is 51.8 Å². The first-order chi connectivity index (χ1) is 10.8. The first kappa shape index (κ1) is 18.0. The van der Waals surface area contributed by atoms with Crippen molar-refractivity contribution in [3.8, 4) is 5.75 Å². The van der Waals surface area contributed by atoms with E-state index in [1.165, 1.54) is 4.31 Å². The van der Waals surface area contributed by atoms with Crippen LogP contribution in [-0.4, -0.2) is 26.4 Å². The molecule has 0 atom stereocenters. The number of benzene rings is 2. The maximum Gasteiger partial charge on any atom is 0.243 e. The molecule has 0 aliphatic heterocycles. The molecule has 2 aromatic rings. The molecule has 0 bridgehead atoms. The van der Waals surface area contributed by atoms with Gasteiger partial charge in [0.2, 0.25) is 10.0 Å². The molecule has 0 aromatic heterocycles. The summed E-state index contributed by atoms with van der Waals surface area (Å²) in [6.45, 7) is 4.71. The Kier molecular flexibility index (Phi) is 5.84. The highest BCUT2D eigenvalue weighted by atomic mass is 79.9. The molecule has 0 heterocycles. The highest BCUT2D eigenvalue weighted by molar-refractivity contribution is 9.10. The van der Waals surface area contributed by atoms with Crippen LogP contribution < -0.4 is 4.74 Å². The fourth-order valence-corrected chi connectivity index (χ4v) is 3.65. The van der Waals surface area contributed by atoms with Crippen LogP contribution in [0.3, 0.4) is 0 Å². The van der Waals surface area contributed by atoms with Crippen LogP contribution in [0.2, 0.25) is 0 Å². The molecule has 0 radical (unpaired) electrons. The normalized spacial score (nSPS) is 11.7. The summed E-state index contributed by atoms with van der Waals surface area (Å²) in [5, 5.41) is 0. The zero-order valence-corrected chi connectivity index (χ0v) is 15.8. The zero-order chi connectivity index (χ0) is 17.0. The fraction of sp³-hybridized carbons (Fsp3) is 0.294. The molecule has 23 heavy (non-hydrogen) atoms. The van der Waals surface area contributed by atoms with Gasteiger partial charge in [0, 0.05) is 18.1 Å². The van der Waals surface area contributed by atoms with Gasteiger partial charge < -0.3 is 4.74 Å². The van der Waals surface area contributed by atoms with Gasteiger partial charge in [0.1, 0.15) is 5.75 Å². The summed E-state index contributed by atoms with van der Waals surface area (Å²) in [4.78, 5) is 0.298. The van der Waals surface area contributed by atoms with Crippen molar-refractivity contribution < 1.29 is 13.2 Å². The number of sulfonamides is 1. The predicted molar refractivity (Wildman–Crippen MR) is 95.1 cm³/mol. The van der Waals surface area contributed by atoms with Gasteiger partial charge in [-0.15, -0.1) is 0 Å². The van der Waals surface area contributed by atoms with Crippen molar-refractivity contribution in [2.75, 3.05) is 13.7 Å². The highest BCUT2D eigenvalue weighted by Crippen LogP contribution is 2.23. The van der Waals surface area contributed by atoms with E-state index < -0.39 is 10.0 Å². The molecule has 6 heteroatoms. The molecule has 0 saturated heterocycles. The Hall–Kier alpha value is -1.37. The van der Waals surface area contributed by atoms with Crippen LogP contribution in [-0.2, 0) is 16.6 Å². The second-order valence-corrected chi connectivity index (χ2v) is 8.15. The number of aryl methyl sites for hydroxylation is 1. The molecule has 2 aromatic carbocycles. The second-order valence-electron chi connectivity index (χ2n) is 5.25. The van der Waals surface area contributed by atoms with Gasteiger partial charge in [-0.25, -0.2) is 8.42 Å². The van der Waals surface area contributed by atoms with Gasteiger partial charge >= 0.3 is 0 Å². The largest absolute Gasteiger partial charge is 0.494 e. The molecular formula is C17H20BrNO3S. The molecule has 0 saturated carbocycles. The van der Waals surface area contributed by atoms with Gasteiger partial charge in [-0.05, 0) is 55.3 Å². The number of halogens is 1. The molecule has 0 unspecified atom stereocenters. The molecule has 2 rings (SSSR count). The van der Waals surface area contributed by atoms with Gasteiger partial charge in [-0.2, -0.15) is 4.31 Å². The third-order valence-corrected chi connectivity index (χ3v) is 6.17. The van der Waals surface area contributed by atoms with Crippen LogP contribution in [0.25, 0.3) is 0 Å². The minimum atomic E-state index is -3.52. The third kappa shape index (κ3) is 4.34. The van der Waals surface area contributed by atoms with Crippen LogP contribution in [0.4, 0.5) is 0 Å². The lowest BCUT2D eigenvalue weighted by atomic mass is 10.2. The Balaban J connectivity index is 2.17. The number of nitrogens with zero attached hydrogens (tertiary/aromatic N) is 1. The van der Waals surface area contributed by atoms with E-state index in [0.717, 1.165) is 21.3 Å². The number of hydrogen-bond acceptors (Lipinski definition) is 3. The minimum absolute atomic E-state index is 0.298. The van der Waals surface area contributed by atoms with Gasteiger partial charge in [-0.1, -0.05) is 28.1 Å². The Morgan fingerprint density at radius 2 is 1.78 bits per heavy atom. The molecular weight excluding hydrogens is 378 g/mol. The van der Waals surface area contributed by atoms with E-state index in [2.05, 4.69) is 15.9 Å². The van der Waals surface area contributed by atoms with Crippen molar-refractivity contribution in [3.63, 3.8) is 0 Å². The molecule has 124 valence electrons. The lowest BCUT2D eigenvalue weighted by Crippen LogP contribution is -2.26. The second kappa shape index (κ2) is 7.47. The number of hydrogen-bond donors (Lipinski definition) is 0. The zero-order valence-electron chi connectivity index (χ0n) is 13.4. The smallest absolute Gasteiger partial charge is 0.243 e. The first-order valence-electron chi connectivity index (χ1n) is 7.29. The standard InChI is InChI=1S/C17H20BrNO3S/c1-4-22-15-7-5-14(6-8-15)12-19(3)23(20,21)16-9-10-17(18)13(2)11-16/h5-11H,4,12H2,1-3H3. The van der Waals surface area contributed by atoms with E-state index in [-0.39, 0.29) is 0 Å². The number of ether oxygens (including phenoxy) is 1. The quantitative estimate of drug-likeness (QED) is 0.740. The van der Waals surface area contributed by atoms with E-state index in [1.807, 2.05) is 38.1 Å². The summed E-state index contributed by atoms with van der Waals surface area (Å²) in [5.41, 5.74) is 1.80. The first-order valence-corrected chi connectivity index (χ1v) is 9.52. The van der Waals surface area contributed by atoms with Crippen LogP contribution >= 0.6 is 15.9 Å². The molecule has 0 fully saturated rings. The summed E-state index contributed by atoms with van der Waals surface area (Å²) in [6, 6.07) is 12.5. The monoisotopic (exact) mass is 397 g/mol. The lowest BCUT2D eigenvalue weighted by Gasteiger charge is -2.18. The Bertz CT molecular complexity index is 773. The van der Waals surface area contributed by atoms with Gasteiger partial charge in [0.05, 0.1) is 11.5 Å². The van der Waals surface area contributed by atoms with E-state index in [9.17, 15) is 8.42 Å². The lowest BCUT2D eigenvalue weighted by molar-refractivity contribution is 0.340. The third-order valence-electron chi connectivity index (χ3n) is 3.48. The molecule has 4 nitrogen and oxygen atoms in total. The van der Waals surface area contributed by atoms with Crippen molar-refractivity contribution in [1.82, 2.24) is 4.31 Å². The van der Waals surface area contributed by atoms with E-state index in [0.29, 0.717) is 18.0 Å². The Labute approximate surface area is 146 Å². The highest BCUT2D eigenvalue weighted by Gasteiger charge is 2.21. The van der Waals surface area contributed by atoms with Crippen molar-refractivity contribution in [3.05, 3.63) is 58.1 Å². The molecule has 0 N–H and O–H groups in total. The van der Waals surface area contributed by atoms with Gasteiger partial charge in [0.25, 0.3) is 0 Å². The SMILES string of the molecule is CCOc1ccc(CN(C)S(=O)(=O)c2ccc(Br)c(C)c2)cc1. The average molecular weight is 398 g/mol. The summed E-state index contributed by atoms with van der Waals surface area (Å²) in [5.74, 6) is 0.783. The van der Waals surface area contributed by atoms with Gasteiger partial charge in [0.15, 0.2) is 0 Å². The average Bonchev–Trinajstić information content (AvgIpc) is 2.52. The molecule has 0 amide bonds. The maximum absolute atomic E-state index is 12.7. The summed E-state index contributed by atoms with van der Waals surface area (Å²) < 4.78 is 32.9. The van der Waals surface area contributed by atoms with Crippen molar-refractivity contribution in [2.24, 2.45) is 0 Å². The van der Waals surface area contributed by atoms with Crippen LogP contribution in [0.1, 0.15) is 18.1 Å².